The second kappa shape index (κ2) is 5.27. The number of nitrogens with zero attached hydrogens (tertiary/aromatic N) is 1. The molecule has 2 saturated carbocycles. The van der Waals surface area contributed by atoms with Gasteiger partial charge in [0, 0.05) is 25.7 Å². The Bertz CT molecular complexity index is 247. The fourth-order valence-corrected chi connectivity index (χ4v) is 4.49. The van der Waals surface area contributed by atoms with Crippen LogP contribution in [0.5, 0.6) is 0 Å². The van der Waals surface area contributed by atoms with E-state index in [1.54, 1.807) is 0 Å². The summed E-state index contributed by atoms with van der Waals surface area (Å²) in [6.45, 7) is 4.04. The molecule has 1 aliphatic heterocycles. The molecule has 0 aromatic carbocycles. The lowest BCUT2D eigenvalue weighted by Gasteiger charge is -2.30. The van der Waals surface area contributed by atoms with Gasteiger partial charge in [0.1, 0.15) is 0 Å². The van der Waals surface area contributed by atoms with Crippen LogP contribution in [0.25, 0.3) is 0 Å². The van der Waals surface area contributed by atoms with Gasteiger partial charge in [-0.15, -0.1) is 0 Å². The predicted octanol–water partition coefficient (Wildman–Crippen LogP) is 2.63. The number of hydrogen-bond donors (Lipinski definition) is 1. The van der Waals surface area contributed by atoms with Gasteiger partial charge in [-0.25, -0.2) is 0 Å². The molecule has 1 saturated heterocycles. The lowest BCUT2D eigenvalue weighted by molar-refractivity contribution is 0.224. The zero-order valence-corrected chi connectivity index (χ0v) is 11.1. The van der Waals surface area contributed by atoms with E-state index in [1.165, 1.54) is 71.0 Å². The van der Waals surface area contributed by atoms with Gasteiger partial charge in [0.05, 0.1) is 0 Å². The van der Waals surface area contributed by atoms with Gasteiger partial charge in [0.2, 0.25) is 0 Å². The lowest BCUT2D eigenvalue weighted by Crippen LogP contribution is -2.38. The van der Waals surface area contributed by atoms with Crippen molar-refractivity contribution in [3.05, 3.63) is 0 Å². The summed E-state index contributed by atoms with van der Waals surface area (Å²) in [5.74, 6) is 2.76. The Balaban J connectivity index is 1.52. The normalized spacial score (nSPS) is 40.4. The third kappa shape index (κ3) is 2.68. The summed E-state index contributed by atoms with van der Waals surface area (Å²) in [7, 11) is 0. The lowest BCUT2D eigenvalue weighted by atomic mass is 9.78. The van der Waals surface area contributed by atoms with Crippen molar-refractivity contribution >= 4 is 0 Å². The van der Waals surface area contributed by atoms with E-state index >= 15 is 0 Å². The van der Waals surface area contributed by atoms with Gasteiger partial charge >= 0.3 is 0 Å². The SMILES string of the molecule is NC1CCCC2CN(CC3CCCCC3)CC12. The van der Waals surface area contributed by atoms with Crippen molar-refractivity contribution in [2.45, 2.75) is 57.4 Å². The highest BCUT2D eigenvalue weighted by Crippen LogP contribution is 2.36. The van der Waals surface area contributed by atoms with Crippen LogP contribution in [0, 0.1) is 17.8 Å². The molecule has 3 unspecified atom stereocenters. The molecule has 3 rings (SSSR count). The summed E-state index contributed by atoms with van der Waals surface area (Å²) in [6.07, 6.45) is 11.5. The molecule has 17 heavy (non-hydrogen) atoms. The van der Waals surface area contributed by atoms with Gasteiger partial charge in [-0.1, -0.05) is 25.7 Å². The standard InChI is InChI=1S/C15H28N2/c16-15-8-4-7-13-10-17(11-14(13)15)9-12-5-2-1-3-6-12/h12-15H,1-11,16H2. The molecule has 2 N–H and O–H groups in total. The first kappa shape index (κ1) is 12.0. The number of hydrogen-bond acceptors (Lipinski definition) is 2. The minimum Gasteiger partial charge on any atom is -0.327 e. The molecule has 98 valence electrons. The summed E-state index contributed by atoms with van der Waals surface area (Å²) < 4.78 is 0. The molecule has 3 fully saturated rings. The Morgan fingerprint density at radius 1 is 0.882 bits per heavy atom. The molecule has 2 nitrogen and oxygen atoms in total. The molecular weight excluding hydrogens is 208 g/mol. The third-order valence-electron chi connectivity index (χ3n) is 5.47. The summed E-state index contributed by atoms with van der Waals surface area (Å²) in [4.78, 5) is 2.75. The summed E-state index contributed by atoms with van der Waals surface area (Å²) in [5, 5.41) is 0. The topological polar surface area (TPSA) is 29.3 Å². The smallest absolute Gasteiger partial charge is 0.00825 e. The van der Waals surface area contributed by atoms with Crippen molar-refractivity contribution in [1.29, 1.82) is 0 Å². The first-order valence-electron chi connectivity index (χ1n) is 7.81. The summed E-state index contributed by atoms with van der Waals surface area (Å²) >= 11 is 0. The maximum absolute atomic E-state index is 6.29. The van der Waals surface area contributed by atoms with Crippen molar-refractivity contribution in [1.82, 2.24) is 4.90 Å². The van der Waals surface area contributed by atoms with E-state index in [4.69, 9.17) is 5.73 Å². The minimum atomic E-state index is 0.505. The molecule has 0 radical (unpaired) electrons. The molecule has 3 aliphatic rings. The van der Waals surface area contributed by atoms with Gasteiger partial charge in [0.25, 0.3) is 0 Å². The van der Waals surface area contributed by atoms with E-state index in [2.05, 4.69) is 4.90 Å². The average Bonchev–Trinajstić information content (AvgIpc) is 2.74. The fraction of sp³-hybridized carbons (Fsp3) is 1.00. The van der Waals surface area contributed by atoms with Crippen LogP contribution in [0.4, 0.5) is 0 Å². The number of likely N-dealkylation sites (tertiary alicyclic amines) is 1. The van der Waals surface area contributed by atoms with E-state index in [0.717, 1.165) is 17.8 Å². The van der Waals surface area contributed by atoms with Crippen molar-refractivity contribution in [3.8, 4) is 0 Å². The summed E-state index contributed by atoms with van der Waals surface area (Å²) in [5.41, 5.74) is 6.29. The van der Waals surface area contributed by atoms with E-state index in [1.807, 2.05) is 0 Å². The maximum Gasteiger partial charge on any atom is 0.00825 e. The van der Waals surface area contributed by atoms with E-state index < -0.39 is 0 Å². The molecule has 1 heterocycles. The van der Waals surface area contributed by atoms with Gasteiger partial charge < -0.3 is 10.6 Å². The first-order chi connectivity index (χ1) is 8.33. The second-order valence-electron chi connectivity index (χ2n) is 6.74. The summed E-state index contributed by atoms with van der Waals surface area (Å²) in [6, 6.07) is 0.505. The molecule has 2 aliphatic carbocycles. The van der Waals surface area contributed by atoms with Crippen LogP contribution in [0.3, 0.4) is 0 Å². The first-order valence-corrected chi connectivity index (χ1v) is 7.81. The Morgan fingerprint density at radius 2 is 1.71 bits per heavy atom. The van der Waals surface area contributed by atoms with Gasteiger partial charge in [-0.3, -0.25) is 0 Å². The van der Waals surface area contributed by atoms with Crippen molar-refractivity contribution in [3.63, 3.8) is 0 Å². The predicted molar refractivity (Wildman–Crippen MR) is 71.8 cm³/mol. The quantitative estimate of drug-likeness (QED) is 0.798. The Hall–Kier alpha value is -0.0800. The second-order valence-corrected chi connectivity index (χ2v) is 6.74. The van der Waals surface area contributed by atoms with Gasteiger partial charge in [0.15, 0.2) is 0 Å². The molecule has 0 spiro atoms. The Labute approximate surface area is 106 Å². The highest BCUT2D eigenvalue weighted by molar-refractivity contribution is 4.93. The number of fused-ring (bicyclic) bond motifs is 1. The highest BCUT2D eigenvalue weighted by Gasteiger charge is 2.38. The third-order valence-corrected chi connectivity index (χ3v) is 5.47. The van der Waals surface area contributed by atoms with E-state index in [0.29, 0.717) is 6.04 Å². The molecule has 0 bridgehead atoms. The average molecular weight is 236 g/mol. The van der Waals surface area contributed by atoms with Crippen LogP contribution in [-0.4, -0.2) is 30.6 Å². The largest absolute Gasteiger partial charge is 0.327 e. The molecular formula is C15H28N2. The molecule has 3 atom stereocenters. The zero-order chi connectivity index (χ0) is 11.7. The fourth-order valence-electron chi connectivity index (χ4n) is 4.49. The number of nitrogens with two attached hydrogens (primary N) is 1. The van der Waals surface area contributed by atoms with E-state index in [-0.39, 0.29) is 0 Å². The van der Waals surface area contributed by atoms with Gasteiger partial charge in [-0.05, 0) is 43.4 Å². The van der Waals surface area contributed by atoms with Crippen LogP contribution in [0.15, 0.2) is 0 Å². The maximum atomic E-state index is 6.29. The van der Waals surface area contributed by atoms with Crippen molar-refractivity contribution in [2.24, 2.45) is 23.5 Å². The monoisotopic (exact) mass is 236 g/mol. The number of rotatable bonds is 2. The molecule has 0 aromatic heterocycles. The van der Waals surface area contributed by atoms with E-state index in [9.17, 15) is 0 Å². The minimum absolute atomic E-state index is 0.505. The zero-order valence-electron chi connectivity index (χ0n) is 11.1. The van der Waals surface area contributed by atoms with Crippen molar-refractivity contribution < 1.29 is 0 Å². The highest BCUT2D eigenvalue weighted by atomic mass is 15.2. The van der Waals surface area contributed by atoms with Crippen LogP contribution in [0.1, 0.15) is 51.4 Å². The van der Waals surface area contributed by atoms with Crippen LogP contribution < -0.4 is 5.73 Å². The van der Waals surface area contributed by atoms with Crippen molar-refractivity contribution in [2.75, 3.05) is 19.6 Å². The molecule has 0 aromatic rings. The Kier molecular flexibility index (Phi) is 3.72. The van der Waals surface area contributed by atoms with Gasteiger partial charge in [-0.2, -0.15) is 0 Å². The molecule has 0 amide bonds. The van der Waals surface area contributed by atoms with Crippen LogP contribution in [0.2, 0.25) is 0 Å². The van der Waals surface area contributed by atoms with Crippen LogP contribution >= 0.6 is 0 Å². The molecule has 2 heteroatoms. The Morgan fingerprint density at radius 3 is 2.47 bits per heavy atom. The van der Waals surface area contributed by atoms with Crippen LogP contribution in [-0.2, 0) is 0 Å².